The van der Waals surface area contributed by atoms with Gasteiger partial charge < -0.3 is 5.32 Å². The lowest BCUT2D eigenvalue weighted by Gasteiger charge is -2.20. The Bertz CT molecular complexity index is 908. The Morgan fingerprint density at radius 1 is 1.33 bits per heavy atom. The molecule has 1 N–H and O–H groups in total. The minimum absolute atomic E-state index is 0.118. The number of carbonyl (C=O) groups excluding carboxylic acids is 1. The zero-order valence-corrected chi connectivity index (χ0v) is 16.2. The molecule has 27 heavy (non-hydrogen) atoms. The van der Waals surface area contributed by atoms with Gasteiger partial charge in [-0.15, -0.1) is 16.4 Å². The third-order valence-corrected chi connectivity index (χ3v) is 6.31. The van der Waals surface area contributed by atoms with Crippen LogP contribution in [0.15, 0.2) is 46.9 Å². The molecule has 1 aliphatic rings. The molecular formula is C18H18FN5OS2. The highest BCUT2D eigenvalue weighted by Crippen LogP contribution is 2.37. The molecule has 3 aromatic rings. The van der Waals surface area contributed by atoms with Gasteiger partial charge in [-0.2, -0.15) is 0 Å². The Kier molecular flexibility index (Phi) is 5.22. The van der Waals surface area contributed by atoms with Crippen LogP contribution in [0.3, 0.4) is 0 Å². The van der Waals surface area contributed by atoms with Crippen molar-refractivity contribution in [2.75, 3.05) is 0 Å². The first-order valence-corrected chi connectivity index (χ1v) is 10.4. The van der Waals surface area contributed by atoms with Crippen LogP contribution >= 0.6 is 23.1 Å². The number of amides is 1. The lowest BCUT2D eigenvalue weighted by Crippen LogP contribution is -2.34. The summed E-state index contributed by atoms with van der Waals surface area (Å²) in [5.74, 6) is -0.418. The highest BCUT2D eigenvalue weighted by molar-refractivity contribution is 8.00. The van der Waals surface area contributed by atoms with Gasteiger partial charge in [0, 0.05) is 4.88 Å². The molecule has 9 heteroatoms. The van der Waals surface area contributed by atoms with Crippen LogP contribution in [-0.2, 0) is 4.79 Å². The van der Waals surface area contributed by atoms with Gasteiger partial charge in [-0.05, 0) is 59.3 Å². The highest BCUT2D eigenvalue weighted by atomic mass is 32.2. The Balaban J connectivity index is 1.49. The summed E-state index contributed by atoms with van der Waals surface area (Å²) >= 11 is 2.90. The van der Waals surface area contributed by atoms with E-state index in [1.165, 1.54) is 23.9 Å². The van der Waals surface area contributed by atoms with Crippen molar-refractivity contribution in [3.8, 4) is 0 Å². The number of thiophene rings is 1. The second-order valence-corrected chi connectivity index (χ2v) is 8.69. The summed E-state index contributed by atoms with van der Waals surface area (Å²) in [7, 11) is 0. The maximum Gasteiger partial charge on any atom is 0.234 e. The number of nitrogens with zero attached hydrogens (tertiary/aromatic N) is 4. The van der Waals surface area contributed by atoms with Crippen LogP contribution in [0.2, 0.25) is 0 Å². The number of hydrogen-bond acceptors (Lipinski definition) is 6. The zero-order valence-electron chi connectivity index (χ0n) is 14.6. The molecule has 0 bridgehead atoms. The molecule has 0 radical (unpaired) electrons. The van der Waals surface area contributed by atoms with Crippen LogP contribution in [-0.4, -0.2) is 31.4 Å². The summed E-state index contributed by atoms with van der Waals surface area (Å²) in [4.78, 5) is 13.8. The maximum atomic E-state index is 13.3. The van der Waals surface area contributed by atoms with Crippen LogP contribution < -0.4 is 5.32 Å². The van der Waals surface area contributed by atoms with Crippen LogP contribution in [0.1, 0.15) is 42.3 Å². The van der Waals surface area contributed by atoms with Gasteiger partial charge in [-0.25, -0.2) is 9.07 Å². The predicted octanol–water partition coefficient (Wildman–Crippen LogP) is 3.60. The lowest BCUT2D eigenvalue weighted by molar-refractivity contribution is -0.120. The molecule has 1 aliphatic carbocycles. The van der Waals surface area contributed by atoms with E-state index in [0.717, 1.165) is 23.3 Å². The summed E-state index contributed by atoms with van der Waals surface area (Å²) in [5, 5.41) is 17.1. The number of hydrogen-bond donors (Lipinski definition) is 1. The van der Waals surface area contributed by atoms with Crippen LogP contribution in [0.5, 0.6) is 0 Å². The van der Waals surface area contributed by atoms with Crippen molar-refractivity contribution in [2.45, 2.75) is 42.3 Å². The van der Waals surface area contributed by atoms with Gasteiger partial charge in [0.15, 0.2) is 0 Å². The standard InChI is InChI=1S/C18H18FN5OS2/c1-11(27-18-21-22-23-24(18)14-8-9-14)17(25)20-16(15-3-2-10-26-15)12-4-6-13(19)7-5-12/h2-7,10-11,14,16H,8-9H2,1H3,(H,20,25). The maximum absolute atomic E-state index is 13.3. The van der Waals surface area contributed by atoms with Crippen molar-refractivity contribution in [3.63, 3.8) is 0 Å². The number of rotatable bonds is 7. The topological polar surface area (TPSA) is 72.7 Å². The van der Waals surface area contributed by atoms with Gasteiger partial charge in [0.1, 0.15) is 5.82 Å². The van der Waals surface area contributed by atoms with Crippen molar-refractivity contribution in [3.05, 3.63) is 58.0 Å². The third-order valence-electron chi connectivity index (χ3n) is 4.32. The predicted molar refractivity (Wildman–Crippen MR) is 102 cm³/mol. The van der Waals surface area contributed by atoms with Crippen molar-refractivity contribution >= 4 is 29.0 Å². The summed E-state index contributed by atoms with van der Waals surface area (Å²) in [6.45, 7) is 1.84. The number of tetrazole rings is 1. The number of thioether (sulfide) groups is 1. The van der Waals surface area contributed by atoms with Crippen LogP contribution in [0.25, 0.3) is 0 Å². The molecule has 1 amide bonds. The average Bonchev–Trinajstić information content (AvgIpc) is 3.17. The smallest absolute Gasteiger partial charge is 0.234 e. The van der Waals surface area contributed by atoms with Crippen LogP contribution in [0, 0.1) is 5.82 Å². The summed E-state index contributed by atoms with van der Waals surface area (Å²) in [6.07, 6.45) is 2.15. The number of carbonyl (C=O) groups is 1. The fourth-order valence-electron chi connectivity index (χ4n) is 2.71. The monoisotopic (exact) mass is 403 g/mol. The van der Waals surface area contributed by atoms with Gasteiger partial charge >= 0.3 is 0 Å². The quantitative estimate of drug-likeness (QED) is 0.610. The first-order chi connectivity index (χ1) is 13.1. The molecule has 2 heterocycles. The van der Waals surface area contributed by atoms with E-state index in [-0.39, 0.29) is 23.0 Å². The highest BCUT2D eigenvalue weighted by Gasteiger charge is 2.30. The van der Waals surface area contributed by atoms with Crippen LogP contribution in [0.4, 0.5) is 4.39 Å². The molecule has 0 saturated heterocycles. The molecular weight excluding hydrogens is 385 g/mol. The SMILES string of the molecule is CC(Sc1nnnn1C1CC1)C(=O)NC(c1ccc(F)cc1)c1cccs1. The first kappa shape index (κ1) is 18.1. The van der Waals surface area contributed by atoms with Crippen molar-refractivity contribution in [2.24, 2.45) is 0 Å². The molecule has 2 atom stereocenters. The fourth-order valence-corrected chi connectivity index (χ4v) is 4.38. The molecule has 4 rings (SSSR count). The van der Waals surface area contributed by atoms with Crippen molar-refractivity contribution < 1.29 is 9.18 Å². The van der Waals surface area contributed by atoms with E-state index in [2.05, 4.69) is 20.8 Å². The Morgan fingerprint density at radius 2 is 2.11 bits per heavy atom. The average molecular weight is 404 g/mol. The lowest BCUT2D eigenvalue weighted by atomic mass is 10.1. The van der Waals surface area contributed by atoms with Gasteiger partial charge in [0.25, 0.3) is 0 Å². The molecule has 0 aliphatic heterocycles. The summed E-state index contributed by atoms with van der Waals surface area (Å²) in [5.41, 5.74) is 0.840. The number of aromatic nitrogens is 4. The number of nitrogens with one attached hydrogen (secondary N) is 1. The second kappa shape index (κ2) is 7.77. The molecule has 1 fully saturated rings. The fraction of sp³-hybridized carbons (Fsp3) is 0.333. The molecule has 2 aromatic heterocycles. The van der Waals surface area contributed by atoms with Crippen molar-refractivity contribution in [1.29, 1.82) is 0 Å². The molecule has 2 unspecified atom stereocenters. The van der Waals surface area contributed by atoms with Crippen molar-refractivity contribution in [1.82, 2.24) is 25.5 Å². The van der Waals surface area contributed by atoms with E-state index in [4.69, 9.17) is 0 Å². The van der Waals surface area contributed by atoms with E-state index >= 15 is 0 Å². The van der Waals surface area contributed by atoms with E-state index in [9.17, 15) is 9.18 Å². The summed E-state index contributed by atoms with van der Waals surface area (Å²) < 4.78 is 15.1. The first-order valence-electron chi connectivity index (χ1n) is 8.65. The Hall–Kier alpha value is -2.26. The van der Waals surface area contributed by atoms with E-state index in [1.54, 1.807) is 28.2 Å². The largest absolute Gasteiger partial charge is 0.343 e. The van der Waals surface area contributed by atoms with E-state index < -0.39 is 0 Å². The Labute approximate surface area is 164 Å². The minimum atomic E-state index is -0.364. The normalized spacial score (nSPS) is 16.1. The molecule has 1 saturated carbocycles. The van der Waals surface area contributed by atoms with Gasteiger partial charge in [0.05, 0.1) is 17.3 Å². The minimum Gasteiger partial charge on any atom is -0.343 e. The Morgan fingerprint density at radius 3 is 2.78 bits per heavy atom. The van der Waals surface area contributed by atoms with Gasteiger partial charge in [-0.3, -0.25) is 4.79 Å². The zero-order chi connectivity index (χ0) is 18.8. The van der Waals surface area contributed by atoms with E-state index in [1.807, 2.05) is 24.4 Å². The van der Waals surface area contributed by atoms with Gasteiger partial charge in [0.2, 0.25) is 11.1 Å². The number of halogens is 1. The third kappa shape index (κ3) is 4.19. The van der Waals surface area contributed by atoms with Gasteiger partial charge in [-0.1, -0.05) is 30.0 Å². The number of benzene rings is 1. The molecule has 6 nitrogen and oxygen atoms in total. The molecule has 0 spiro atoms. The summed E-state index contributed by atoms with van der Waals surface area (Å²) in [6, 6.07) is 10.1. The molecule has 1 aromatic carbocycles. The second-order valence-electron chi connectivity index (χ2n) is 6.41. The van der Waals surface area contributed by atoms with E-state index in [0.29, 0.717) is 11.2 Å². The molecule has 140 valence electrons.